The molecule has 1 N–H and O–H groups in total. The molecule has 0 spiro atoms. The van der Waals surface area contributed by atoms with Gasteiger partial charge in [-0.05, 0) is 42.8 Å². The van der Waals surface area contributed by atoms with Crippen LogP contribution in [0.1, 0.15) is 43.2 Å². The maximum absolute atomic E-state index is 11.2. The van der Waals surface area contributed by atoms with Gasteiger partial charge in [-0.3, -0.25) is 0 Å². The molecule has 104 valence electrons. The van der Waals surface area contributed by atoms with Crippen LogP contribution in [0.25, 0.3) is 0 Å². The van der Waals surface area contributed by atoms with Crippen LogP contribution in [0.2, 0.25) is 0 Å². The zero-order valence-electron chi connectivity index (χ0n) is 11.4. The van der Waals surface area contributed by atoms with Crippen molar-refractivity contribution in [1.82, 2.24) is 5.32 Å². The minimum Gasteiger partial charge on any atom is -0.310 e. The number of sulfone groups is 1. The van der Waals surface area contributed by atoms with Crippen molar-refractivity contribution in [2.75, 3.05) is 18.6 Å². The third-order valence-corrected chi connectivity index (χ3v) is 5.04. The first kappa shape index (κ1) is 15.7. The van der Waals surface area contributed by atoms with Crippen LogP contribution in [0.5, 0.6) is 0 Å². The van der Waals surface area contributed by atoms with Gasteiger partial charge in [0.2, 0.25) is 0 Å². The molecule has 1 rings (SSSR count). The van der Waals surface area contributed by atoms with Crippen molar-refractivity contribution in [3.05, 3.63) is 21.9 Å². The first-order valence-corrected chi connectivity index (χ1v) is 9.39. The van der Waals surface area contributed by atoms with E-state index in [2.05, 4.69) is 30.6 Å². The fraction of sp³-hybridized carbons (Fsp3) is 0.692. The van der Waals surface area contributed by atoms with Crippen LogP contribution in [0.3, 0.4) is 0 Å². The molecule has 0 aromatic carbocycles. The largest absolute Gasteiger partial charge is 0.310 e. The van der Waals surface area contributed by atoms with Crippen molar-refractivity contribution in [1.29, 1.82) is 0 Å². The molecular formula is C13H23NO2S2. The van der Waals surface area contributed by atoms with E-state index in [4.69, 9.17) is 0 Å². The lowest BCUT2D eigenvalue weighted by Crippen LogP contribution is -2.21. The maximum atomic E-state index is 11.2. The average molecular weight is 289 g/mol. The van der Waals surface area contributed by atoms with Gasteiger partial charge in [0, 0.05) is 22.9 Å². The monoisotopic (exact) mass is 289 g/mol. The highest BCUT2D eigenvalue weighted by Crippen LogP contribution is 2.28. The van der Waals surface area contributed by atoms with Gasteiger partial charge in [-0.15, -0.1) is 11.3 Å². The Kier molecular flexibility index (Phi) is 6.32. The molecule has 0 aliphatic heterocycles. The zero-order chi connectivity index (χ0) is 13.6. The van der Waals surface area contributed by atoms with Crippen molar-refractivity contribution in [2.45, 2.75) is 39.2 Å². The summed E-state index contributed by atoms with van der Waals surface area (Å²) < 4.78 is 22.3. The van der Waals surface area contributed by atoms with Gasteiger partial charge in [0.05, 0.1) is 0 Å². The fourth-order valence-electron chi connectivity index (χ4n) is 2.07. The van der Waals surface area contributed by atoms with Crippen molar-refractivity contribution in [3.8, 4) is 0 Å². The predicted octanol–water partition coefficient (Wildman–Crippen LogP) is 2.79. The van der Waals surface area contributed by atoms with Gasteiger partial charge in [0.25, 0.3) is 0 Å². The van der Waals surface area contributed by atoms with E-state index in [-0.39, 0.29) is 5.75 Å². The van der Waals surface area contributed by atoms with Gasteiger partial charge in [0.15, 0.2) is 0 Å². The number of hydrogen-bond acceptors (Lipinski definition) is 4. The van der Waals surface area contributed by atoms with Crippen LogP contribution in [0.15, 0.2) is 11.4 Å². The molecule has 0 aliphatic rings. The normalized spacial score (nSPS) is 13.7. The molecule has 5 heteroatoms. The van der Waals surface area contributed by atoms with Gasteiger partial charge in [0.1, 0.15) is 9.84 Å². The third-order valence-electron chi connectivity index (χ3n) is 2.94. The Hall–Kier alpha value is -0.390. The van der Waals surface area contributed by atoms with E-state index in [1.807, 2.05) is 0 Å². The van der Waals surface area contributed by atoms with E-state index >= 15 is 0 Å². The molecule has 1 aromatic rings. The Bertz CT molecular complexity index is 451. The summed E-state index contributed by atoms with van der Waals surface area (Å²) in [6.45, 7) is 5.15. The van der Waals surface area contributed by atoms with Gasteiger partial charge in [-0.25, -0.2) is 8.42 Å². The molecule has 3 nitrogen and oxygen atoms in total. The van der Waals surface area contributed by atoms with E-state index in [0.29, 0.717) is 6.04 Å². The topological polar surface area (TPSA) is 46.2 Å². The Balaban J connectivity index is 2.65. The van der Waals surface area contributed by atoms with E-state index in [9.17, 15) is 8.42 Å². The minimum absolute atomic E-state index is 0.279. The Morgan fingerprint density at radius 3 is 2.67 bits per heavy atom. The highest BCUT2D eigenvalue weighted by atomic mass is 32.2. The molecule has 0 radical (unpaired) electrons. The lowest BCUT2D eigenvalue weighted by molar-refractivity contribution is 0.511. The van der Waals surface area contributed by atoms with Crippen LogP contribution in [0.4, 0.5) is 0 Å². The molecule has 0 saturated heterocycles. The highest BCUT2D eigenvalue weighted by molar-refractivity contribution is 7.90. The Morgan fingerprint density at radius 1 is 1.39 bits per heavy atom. The van der Waals surface area contributed by atoms with Crippen molar-refractivity contribution in [2.24, 2.45) is 0 Å². The Morgan fingerprint density at radius 2 is 2.11 bits per heavy atom. The summed E-state index contributed by atoms with van der Waals surface area (Å²) in [5.74, 6) is 0.279. The molecule has 1 atom stereocenters. The highest BCUT2D eigenvalue weighted by Gasteiger charge is 2.15. The second kappa shape index (κ2) is 7.26. The van der Waals surface area contributed by atoms with Crippen LogP contribution >= 0.6 is 11.3 Å². The lowest BCUT2D eigenvalue weighted by atomic mass is 10.1. The minimum atomic E-state index is -2.84. The van der Waals surface area contributed by atoms with Crippen LogP contribution in [0, 0.1) is 0 Å². The summed E-state index contributed by atoms with van der Waals surface area (Å²) in [5.41, 5.74) is 1.38. The third kappa shape index (κ3) is 5.08. The number of aryl methyl sites for hydroxylation is 1. The zero-order valence-corrected chi connectivity index (χ0v) is 13.0. The van der Waals surface area contributed by atoms with E-state index in [0.717, 1.165) is 25.8 Å². The predicted molar refractivity (Wildman–Crippen MR) is 79.1 cm³/mol. The summed E-state index contributed by atoms with van der Waals surface area (Å²) in [6.07, 6.45) is 3.94. The summed E-state index contributed by atoms with van der Waals surface area (Å²) in [5, 5.41) is 5.58. The summed E-state index contributed by atoms with van der Waals surface area (Å²) >= 11 is 1.77. The quantitative estimate of drug-likeness (QED) is 0.800. The van der Waals surface area contributed by atoms with Gasteiger partial charge < -0.3 is 5.32 Å². The first-order valence-electron chi connectivity index (χ1n) is 6.45. The average Bonchev–Trinajstić information content (AvgIpc) is 2.74. The molecule has 0 bridgehead atoms. The van der Waals surface area contributed by atoms with Crippen LogP contribution in [-0.2, 0) is 16.3 Å². The summed E-state index contributed by atoms with van der Waals surface area (Å²) in [6, 6.07) is 2.47. The summed E-state index contributed by atoms with van der Waals surface area (Å²) in [4.78, 5) is 1.37. The Labute approximate surface area is 115 Å². The van der Waals surface area contributed by atoms with Crippen molar-refractivity contribution < 1.29 is 8.42 Å². The van der Waals surface area contributed by atoms with E-state index < -0.39 is 9.84 Å². The number of thiophene rings is 1. The SMILES string of the molecule is CCNC(CCCS(C)(=O)=O)c1sccc1CC. The van der Waals surface area contributed by atoms with Crippen LogP contribution < -0.4 is 5.32 Å². The molecule has 1 aromatic heterocycles. The molecule has 1 unspecified atom stereocenters. The number of nitrogens with one attached hydrogen (secondary N) is 1. The maximum Gasteiger partial charge on any atom is 0.147 e. The molecule has 0 aliphatic carbocycles. The standard InChI is InChI=1S/C13H23NO2S2/c1-4-11-8-9-17-13(11)12(14-5-2)7-6-10-18(3,15)16/h8-9,12,14H,4-7,10H2,1-3H3. The van der Waals surface area contributed by atoms with E-state index in [1.165, 1.54) is 16.7 Å². The second-order valence-electron chi connectivity index (χ2n) is 4.55. The first-order chi connectivity index (χ1) is 8.48. The second-order valence-corrected chi connectivity index (χ2v) is 7.75. The lowest BCUT2D eigenvalue weighted by Gasteiger charge is -2.18. The molecular weight excluding hydrogens is 266 g/mol. The van der Waals surface area contributed by atoms with Crippen molar-refractivity contribution in [3.63, 3.8) is 0 Å². The summed E-state index contributed by atoms with van der Waals surface area (Å²) in [7, 11) is -2.84. The molecule has 1 heterocycles. The van der Waals surface area contributed by atoms with Crippen molar-refractivity contribution >= 4 is 21.2 Å². The smallest absolute Gasteiger partial charge is 0.147 e. The number of hydrogen-bond donors (Lipinski definition) is 1. The van der Waals surface area contributed by atoms with E-state index in [1.54, 1.807) is 11.3 Å². The van der Waals surface area contributed by atoms with Gasteiger partial charge in [-0.2, -0.15) is 0 Å². The van der Waals surface area contributed by atoms with Gasteiger partial charge >= 0.3 is 0 Å². The van der Waals surface area contributed by atoms with Gasteiger partial charge in [-0.1, -0.05) is 13.8 Å². The molecule has 0 fully saturated rings. The molecule has 0 saturated carbocycles. The van der Waals surface area contributed by atoms with Crippen LogP contribution in [-0.4, -0.2) is 27.0 Å². The molecule has 0 amide bonds. The number of rotatable bonds is 8. The molecule has 18 heavy (non-hydrogen) atoms. The fourth-order valence-corrected chi connectivity index (χ4v) is 3.87.